The topological polar surface area (TPSA) is 81.8 Å². The maximum absolute atomic E-state index is 12.9. The molecule has 1 fully saturated rings. The molecule has 1 amide bonds. The van der Waals surface area contributed by atoms with Crippen LogP contribution in [-0.2, 0) is 0 Å². The van der Waals surface area contributed by atoms with Gasteiger partial charge in [0.05, 0.1) is 5.56 Å². The first kappa shape index (κ1) is 14.2. The Morgan fingerprint density at radius 3 is 3.09 bits per heavy atom. The van der Waals surface area contributed by atoms with Crippen LogP contribution in [0.15, 0.2) is 34.4 Å². The number of rotatable bonds is 2. The van der Waals surface area contributed by atoms with Crippen LogP contribution in [0.25, 0.3) is 10.1 Å². The molecule has 2 N–H and O–H groups in total. The lowest BCUT2D eigenvalue weighted by Gasteiger charge is -2.31. The van der Waals surface area contributed by atoms with E-state index in [2.05, 4.69) is 15.2 Å². The minimum atomic E-state index is -0.299. The first-order chi connectivity index (χ1) is 11.2. The summed E-state index contributed by atoms with van der Waals surface area (Å²) in [7, 11) is 0. The Morgan fingerprint density at radius 2 is 2.26 bits per heavy atom. The molecule has 0 aliphatic carbocycles. The van der Waals surface area contributed by atoms with E-state index in [9.17, 15) is 9.59 Å². The molecule has 7 heteroatoms. The van der Waals surface area contributed by atoms with Crippen LogP contribution in [-0.4, -0.2) is 39.1 Å². The predicted molar refractivity (Wildman–Crippen MR) is 88.9 cm³/mol. The Morgan fingerprint density at radius 1 is 1.35 bits per heavy atom. The van der Waals surface area contributed by atoms with E-state index < -0.39 is 0 Å². The number of fused-ring (bicyclic) bond motifs is 1. The van der Waals surface area contributed by atoms with Gasteiger partial charge in [-0.2, -0.15) is 5.10 Å². The van der Waals surface area contributed by atoms with Crippen molar-refractivity contribution in [1.29, 1.82) is 0 Å². The number of hydrogen-bond acceptors (Lipinski definition) is 4. The fourth-order valence-corrected chi connectivity index (χ4v) is 4.10. The standard InChI is InChI=1S/C16H16N4O2S/c21-15(12-5-1-3-10-6-8-23-13(10)12)20-7-2-4-11(9-20)14-17-16(22)19-18-14/h1,3,5-6,8,11H,2,4,7,9H2,(H2,17,18,19,22)/t11-/m0/s1. The molecule has 1 saturated heterocycles. The number of aromatic nitrogens is 3. The third-order valence-corrected chi connectivity index (χ3v) is 5.29. The van der Waals surface area contributed by atoms with Gasteiger partial charge in [0.15, 0.2) is 0 Å². The Kier molecular flexibility index (Phi) is 3.49. The summed E-state index contributed by atoms with van der Waals surface area (Å²) in [5.41, 5.74) is 0.459. The summed E-state index contributed by atoms with van der Waals surface area (Å²) >= 11 is 1.59. The number of hydrogen-bond donors (Lipinski definition) is 2. The van der Waals surface area contributed by atoms with E-state index in [0.717, 1.165) is 35.0 Å². The molecule has 2 aromatic heterocycles. The van der Waals surface area contributed by atoms with Gasteiger partial charge in [-0.1, -0.05) is 12.1 Å². The van der Waals surface area contributed by atoms with Gasteiger partial charge >= 0.3 is 5.69 Å². The number of piperidine rings is 1. The number of nitrogens with zero attached hydrogens (tertiary/aromatic N) is 2. The highest BCUT2D eigenvalue weighted by Gasteiger charge is 2.28. The molecular formula is C16H16N4O2S. The van der Waals surface area contributed by atoms with Gasteiger partial charge in [0.2, 0.25) is 0 Å². The largest absolute Gasteiger partial charge is 0.340 e. The van der Waals surface area contributed by atoms with Crippen LogP contribution in [0.2, 0.25) is 0 Å². The Balaban J connectivity index is 1.61. The zero-order chi connectivity index (χ0) is 15.8. The second-order valence-electron chi connectivity index (χ2n) is 5.80. The molecule has 1 aliphatic rings. The number of carbonyl (C=O) groups is 1. The maximum Gasteiger partial charge on any atom is 0.340 e. The van der Waals surface area contributed by atoms with Gasteiger partial charge in [-0.05, 0) is 35.7 Å². The smallest absolute Gasteiger partial charge is 0.338 e. The Bertz CT molecular complexity index is 910. The molecule has 0 radical (unpaired) electrons. The molecule has 1 aromatic carbocycles. The monoisotopic (exact) mass is 328 g/mol. The van der Waals surface area contributed by atoms with Crippen molar-refractivity contribution in [2.24, 2.45) is 0 Å². The zero-order valence-corrected chi connectivity index (χ0v) is 13.2. The van der Waals surface area contributed by atoms with Crippen molar-refractivity contribution in [1.82, 2.24) is 20.1 Å². The van der Waals surface area contributed by atoms with Crippen LogP contribution in [0, 0.1) is 0 Å². The van der Waals surface area contributed by atoms with Gasteiger partial charge in [-0.15, -0.1) is 11.3 Å². The van der Waals surface area contributed by atoms with Gasteiger partial charge in [0.1, 0.15) is 5.82 Å². The number of benzene rings is 1. The summed E-state index contributed by atoms with van der Waals surface area (Å²) in [6.45, 7) is 1.33. The summed E-state index contributed by atoms with van der Waals surface area (Å²) in [4.78, 5) is 28.7. The molecule has 1 atom stereocenters. The fourth-order valence-electron chi connectivity index (χ4n) is 3.19. The van der Waals surface area contributed by atoms with Crippen molar-refractivity contribution in [2.75, 3.05) is 13.1 Å². The lowest BCUT2D eigenvalue weighted by Crippen LogP contribution is -2.39. The fraction of sp³-hybridized carbons (Fsp3) is 0.312. The van der Waals surface area contributed by atoms with E-state index in [4.69, 9.17) is 0 Å². The number of likely N-dealkylation sites (tertiary alicyclic amines) is 1. The van der Waals surface area contributed by atoms with Crippen LogP contribution < -0.4 is 5.69 Å². The Hall–Kier alpha value is -2.41. The molecule has 0 spiro atoms. The van der Waals surface area contributed by atoms with E-state index in [-0.39, 0.29) is 17.5 Å². The van der Waals surface area contributed by atoms with Crippen LogP contribution in [0.4, 0.5) is 0 Å². The van der Waals surface area contributed by atoms with Crippen molar-refractivity contribution < 1.29 is 4.79 Å². The van der Waals surface area contributed by atoms with E-state index in [1.165, 1.54) is 0 Å². The highest BCUT2D eigenvalue weighted by molar-refractivity contribution is 7.17. The maximum atomic E-state index is 12.9. The minimum absolute atomic E-state index is 0.0561. The van der Waals surface area contributed by atoms with Crippen molar-refractivity contribution >= 4 is 27.3 Å². The normalized spacial score (nSPS) is 18.4. The lowest BCUT2D eigenvalue weighted by atomic mass is 9.96. The van der Waals surface area contributed by atoms with Crippen LogP contribution in [0.3, 0.4) is 0 Å². The third-order valence-electron chi connectivity index (χ3n) is 4.32. The summed E-state index contributed by atoms with van der Waals surface area (Å²) in [5.74, 6) is 0.775. The molecule has 1 aliphatic heterocycles. The molecule has 0 saturated carbocycles. The molecule has 118 valence electrons. The van der Waals surface area contributed by atoms with Crippen molar-refractivity contribution in [2.45, 2.75) is 18.8 Å². The van der Waals surface area contributed by atoms with Gasteiger partial charge < -0.3 is 4.90 Å². The number of nitrogens with one attached hydrogen (secondary N) is 2. The molecule has 3 aromatic rings. The van der Waals surface area contributed by atoms with E-state index in [1.807, 2.05) is 34.5 Å². The van der Waals surface area contributed by atoms with Gasteiger partial charge in [-0.3, -0.25) is 9.78 Å². The highest BCUT2D eigenvalue weighted by atomic mass is 32.1. The zero-order valence-electron chi connectivity index (χ0n) is 12.4. The van der Waals surface area contributed by atoms with E-state index in [1.54, 1.807) is 11.3 Å². The predicted octanol–water partition coefficient (Wildman–Crippen LogP) is 2.33. The lowest BCUT2D eigenvalue weighted by molar-refractivity contribution is 0.0707. The van der Waals surface area contributed by atoms with Crippen molar-refractivity contribution in [3.8, 4) is 0 Å². The molecule has 3 heterocycles. The van der Waals surface area contributed by atoms with Crippen molar-refractivity contribution in [3.05, 3.63) is 51.5 Å². The first-order valence-electron chi connectivity index (χ1n) is 7.62. The molecule has 0 unspecified atom stereocenters. The number of carbonyl (C=O) groups excluding carboxylic acids is 1. The van der Waals surface area contributed by atoms with Crippen LogP contribution >= 0.6 is 11.3 Å². The second kappa shape index (κ2) is 5.66. The minimum Gasteiger partial charge on any atom is -0.338 e. The van der Waals surface area contributed by atoms with Crippen molar-refractivity contribution in [3.63, 3.8) is 0 Å². The average molecular weight is 328 g/mol. The van der Waals surface area contributed by atoms with Gasteiger partial charge in [-0.25, -0.2) is 9.89 Å². The average Bonchev–Trinajstić information content (AvgIpc) is 3.22. The molecule has 0 bridgehead atoms. The second-order valence-corrected chi connectivity index (χ2v) is 6.71. The molecular weight excluding hydrogens is 312 g/mol. The molecule has 4 rings (SSSR count). The molecule has 6 nitrogen and oxygen atoms in total. The number of thiophene rings is 1. The van der Waals surface area contributed by atoms with Crippen LogP contribution in [0.1, 0.15) is 34.9 Å². The SMILES string of the molecule is O=C(c1cccc2ccsc12)N1CCC[C@H](c2n[nH]c(=O)[nH]2)C1. The van der Waals surface area contributed by atoms with Gasteiger partial charge in [0.25, 0.3) is 5.91 Å². The first-order valence-corrected chi connectivity index (χ1v) is 8.50. The third kappa shape index (κ3) is 2.57. The number of H-pyrrole nitrogens is 2. The summed E-state index contributed by atoms with van der Waals surface area (Å²) in [5, 5.41) is 9.53. The van der Waals surface area contributed by atoms with E-state index >= 15 is 0 Å². The van der Waals surface area contributed by atoms with E-state index in [0.29, 0.717) is 12.4 Å². The van der Waals surface area contributed by atoms with Gasteiger partial charge in [0, 0.05) is 23.7 Å². The quantitative estimate of drug-likeness (QED) is 0.757. The summed E-state index contributed by atoms with van der Waals surface area (Å²) < 4.78 is 1.03. The van der Waals surface area contributed by atoms with Crippen LogP contribution in [0.5, 0.6) is 0 Å². The number of aromatic amines is 2. The summed E-state index contributed by atoms with van der Waals surface area (Å²) in [6, 6.07) is 7.87. The molecule has 23 heavy (non-hydrogen) atoms. The highest BCUT2D eigenvalue weighted by Crippen LogP contribution is 2.29. The number of amides is 1. The summed E-state index contributed by atoms with van der Waals surface area (Å²) in [6.07, 6.45) is 1.83. The Labute approximate surface area is 136 Å².